The first-order valence-corrected chi connectivity index (χ1v) is 22.8. The van der Waals surface area contributed by atoms with Crippen molar-refractivity contribution in [3.8, 4) is 22.4 Å². The number of hydrogen-bond acceptors (Lipinski definition) is 3. The number of rotatable bonds is 7. The number of aromatic nitrogens is 1. The average molecular weight is 825 g/mol. The fourth-order valence-electron chi connectivity index (χ4n) is 7.09. The summed E-state index contributed by atoms with van der Waals surface area (Å²) in [6, 6.07) is 26.1. The molecule has 0 aliphatic carbocycles. The van der Waals surface area contributed by atoms with E-state index in [0.29, 0.717) is 0 Å². The fourth-order valence-corrected chi connectivity index (χ4v) is 13.3. The average Bonchev–Trinajstić information content (AvgIpc) is 3.25. The van der Waals surface area contributed by atoms with E-state index in [2.05, 4.69) is 92.9 Å². The summed E-state index contributed by atoms with van der Waals surface area (Å²) in [5.41, 5.74) is 5.84. The van der Waals surface area contributed by atoms with Gasteiger partial charge in [0.2, 0.25) is 0 Å². The minimum Gasteiger partial charge on any atom is -0.512 e. The van der Waals surface area contributed by atoms with Crippen LogP contribution in [0.1, 0.15) is 67.2 Å². The molecule has 6 rings (SSSR count). The zero-order valence-electron chi connectivity index (χ0n) is 29.3. The van der Waals surface area contributed by atoms with Gasteiger partial charge in [-0.05, 0) is 42.8 Å². The van der Waals surface area contributed by atoms with Gasteiger partial charge < -0.3 is 5.11 Å². The molecule has 0 fully saturated rings. The Hall–Kier alpha value is -2.64. The summed E-state index contributed by atoms with van der Waals surface area (Å²) in [5, 5.41) is 17.5. The van der Waals surface area contributed by atoms with Crippen LogP contribution < -0.4 is 20.7 Å². The summed E-state index contributed by atoms with van der Waals surface area (Å²) in [5.74, 6) is 0.286. The Morgan fingerprint density at radius 3 is 1.91 bits per heavy atom. The van der Waals surface area contributed by atoms with Gasteiger partial charge >= 0.3 is 0 Å². The fraction of sp³-hybridized carbons (Fsp3) is 0.400. The maximum Gasteiger partial charge on any atom is 0.164 e. The van der Waals surface area contributed by atoms with Gasteiger partial charge in [0.05, 0.1) is 13.6 Å². The predicted octanol–water partition coefficient (Wildman–Crippen LogP) is 8.29. The number of aliphatic hydroxyl groups excluding tert-OH is 1. The standard InChI is InChI=1S/C25H22NSi2.C15H28O2.Ir/c1-27(2)19-12-7-10-17-23(19)24-20(27)13-8-14-21(24)28(3,4)22-15-16-9-5-6-11-18(16)26-25(17)22;1-7-14(5,8-2)12(16)11-13(17)15(6,9-3)10-4;/h5-9,11-15H,1-4H3;11,16H,7-10H2,1-6H3;/q-1;;/b;12-11-;. The molecule has 46 heavy (non-hydrogen) atoms. The monoisotopic (exact) mass is 825 g/mol. The quantitative estimate of drug-likeness (QED) is 0.0884. The molecule has 1 radical (unpaired) electrons. The molecular weight excluding hydrogens is 775 g/mol. The SMILES string of the molecule is CCC(C)(CC)C(=O)/C=C(\O)C(C)(CC)CC.C[Si]1(C)c2cc3ccccc3nc2-c2[c-]ccc3c2-c2c1cccc2[Si]3(C)C.[Ir]. The third kappa shape index (κ3) is 5.74. The number of nitrogens with zero attached hydrogens (tertiary/aromatic N) is 1. The first-order valence-electron chi connectivity index (χ1n) is 16.8. The van der Waals surface area contributed by atoms with E-state index < -0.39 is 16.1 Å². The van der Waals surface area contributed by atoms with Gasteiger partial charge in [0.25, 0.3) is 0 Å². The van der Waals surface area contributed by atoms with E-state index in [1.165, 1.54) is 39.0 Å². The molecule has 0 bridgehead atoms. The second-order valence-electron chi connectivity index (χ2n) is 14.6. The molecule has 0 unspecified atom stereocenters. The van der Waals surface area contributed by atoms with Crippen LogP contribution >= 0.6 is 0 Å². The Morgan fingerprint density at radius 2 is 1.33 bits per heavy atom. The molecule has 0 spiro atoms. The topological polar surface area (TPSA) is 50.2 Å². The molecule has 0 atom stereocenters. The Labute approximate surface area is 292 Å². The molecule has 3 nitrogen and oxygen atoms in total. The number of aliphatic hydroxyl groups is 1. The largest absolute Gasteiger partial charge is 0.512 e. The smallest absolute Gasteiger partial charge is 0.164 e. The van der Waals surface area contributed by atoms with Crippen molar-refractivity contribution >= 4 is 53.6 Å². The minimum atomic E-state index is -1.92. The van der Waals surface area contributed by atoms with Crippen LogP contribution in [0.15, 0.2) is 72.5 Å². The molecule has 2 aliphatic heterocycles. The number of para-hydroxylation sites is 1. The number of hydrogen-bond donors (Lipinski definition) is 1. The van der Waals surface area contributed by atoms with Crippen molar-refractivity contribution in [2.75, 3.05) is 0 Å². The predicted molar refractivity (Wildman–Crippen MR) is 198 cm³/mol. The van der Waals surface area contributed by atoms with Gasteiger partial charge in [0, 0.05) is 37.0 Å². The maximum absolute atomic E-state index is 12.2. The summed E-state index contributed by atoms with van der Waals surface area (Å²) in [7, 11) is -3.61. The first-order chi connectivity index (χ1) is 21.2. The van der Waals surface area contributed by atoms with E-state index in [1.54, 1.807) is 15.6 Å². The molecule has 2 aliphatic rings. The number of benzene rings is 3. The van der Waals surface area contributed by atoms with Gasteiger partial charge in [-0.2, -0.15) is 0 Å². The third-order valence-electron chi connectivity index (χ3n) is 11.6. The van der Waals surface area contributed by atoms with E-state index in [0.717, 1.165) is 31.2 Å². The first kappa shape index (κ1) is 36.2. The van der Waals surface area contributed by atoms with Crippen molar-refractivity contribution in [3.63, 3.8) is 0 Å². The van der Waals surface area contributed by atoms with Gasteiger partial charge in [0.15, 0.2) is 5.78 Å². The van der Waals surface area contributed by atoms with Crippen LogP contribution in [0, 0.1) is 16.9 Å². The summed E-state index contributed by atoms with van der Waals surface area (Å²) >= 11 is 0. The third-order valence-corrected chi connectivity index (χ3v) is 18.6. The van der Waals surface area contributed by atoms with E-state index in [-0.39, 0.29) is 42.5 Å². The molecule has 0 saturated heterocycles. The van der Waals surface area contributed by atoms with E-state index in [1.807, 2.05) is 41.5 Å². The van der Waals surface area contributed by atoms with Gasteiger partial charge in [-0.3, -0.25) is 9.78 Å². The Morgan fingerprint density at radius 1 is 0.783 bits per heavy atom. The van der Waals surface area contributed by atoms with Gasteiger partial charge in [-0.1, -0.05) is 137 Å². The van der Waals surface area contributed by atoms with Crippen LogP contribution in [0.4, 0.5) is 0 Å². The normalized spacial score (nSPS) is 15.6. The van der Waals surface area contributed by atoms with Crippen LogP contribution in [0.25, 0.3) is 33.3 Å². The molecule has 6 heteroatoms. The maximum atomic E-state index is 12.2. The molecule has 3 aromatic carbocycles. The molecule has 4 aromatic rings. The number of pyridine rings is 1. The van der Waals surface area contributed by atoms with E-state index in [9.17, 15) is 9.90 Å². The second kappa shape index (κ2) is 13.1. The van der Waals surface area contributed by atoms with Crippen LogP contribution in [0.5, 0.6) is 0 Å². The number of allylic oxidation sites excluding steroid dienone is 2. The summed E-state index contributed by atoms with van der Waals surface area (Å²) in [4.78, 5) is 17.4. The molecule has 1 N–H and O–H groups in total. The van der Waals surface area contributed by atoms with Gasteiger partial charge in [0.1, 0.15) is 13.8 Å². The molecule has 245 valence electrons. The van der Waals surface area contributed by atoms with Crippen molar-refractivity contribution in [2.45, 2.75) is 93.4 Å². The summed E-state index contributed by atoms with van der Waals surface area (Å²) in [6.07, 6.45) is 4.75. The van der Waals surface area contributed by atoms with Crippen molar-refractivity contribution in [3.05, 3.63) is 78.6 Å². The number of fused-ring (bicyclic) bond motifs is 3. The van der Waals surface area contributed by atoms with Crippen molar-refractivity contribution in [1.29, 1.82) is 0 Å². The van der Waals surface area contributed by atoms with Crippen molar-refractivity contribution in [1.82, 2.24) is 4.98 Å². The van der Waals surface area contributed by atoms with Gasteiger partial charge in [-0.15, -0.1) is 28.9 Å². The van der Waals surface area contributed by atoms with E-state index in [4.69, 9.17) is 4.98 Å². The minimum absolute atomic E-state index is 0. The summed E-state index contributed by atoms with van der Waals surface area (Å²) < 4.78 is 0. The Kier molecular flexibility index (Phi) is 10.3. The zero-order chi connectivity index (χ0) is 32.9. The zero-order valence-corrected chi connectivity index (χ0v) is 33.7. The molecule has 0 amide bonds. The number of ketones is 1. The van der Waals surface area contributed by atoms with Crippen LogP contribution in [-0.2, 0) is 24.9 Å². The Balaban J connectivity index is 0.000000234. The summed E-state index contributed by atoms with van der Waals surface area (Å²) in [6.45, 7) is 22.1. The second-order valence-corrected chi connectivity index (χ2v) is 23.3. The molecule has 3 heterocycles. The van der Waals surface area contributed by atoms with Crippen molar-refractivity contribution < 1.29 is 30.0 Å². The molecule has 0 saturated carbocycles. The Bertz CT molecular complexity index is 1820. The number of carbonyl (C=O) groups excluding carboxylic acids is 1. The van der Waals surface area contributed by atoms with Crippen LogP contribution in [-0.4, -0.2) is 32.0 Å². The molecule has 1 aromatic heterocycles. The van der Waals surface area contributed by atoms with Crippen LogP contribution in [0.3, 0.4) is 0 Å². The number of carbonyl (C=O) groups is 1. The van der Waals surface area contributed by atoms with E-state index >= 15 is 0 Å². The van der Waals surface area contributed by atoms with Crippen LogP contribution in [0.2, 0.25) is 26.2 Å². The van der Waals surface area contributed by atoms with Crippen molar-refractivity contribution in [2.24, 2.45) is 10.8 Å². The van der Waals surface area contributed by atoms with Gasteiger partial charge in [-0.25, -0.2) is 0 Å². The molecular formula is C40H50IrNO2Si2-.